The van der Waals surface area contributed by atoms with Gasteiger partial charge in [-0.3, -0.25) is 16.3 Å². The summed E-state index contributed by atoms with van der Waals surface area (Å²) in [7, 11) is 0. The molecule has 3 aromatic rings. The molecule has 3 nitrogen and oxygen atoms in total. The van der Waals surface area contributed by atoms with Gasteiger partial charge in [-0.1, -0.05) is 46.3 Å². The van der Waals surface area contributed by atoms with E-state index in [2.05, 4.69) is 62.7 Å². The monoisotopic (exact) mass is 341 g/mol. The molecule has 0 amide bonds. The quantitative estimate of drug-likeness (QED) is 0.561. The lowest BCUT2D eigenvalue weighted by Gasteiger charge is -2.17. The summed E-state index contributed by atoms with van der Waals surface area (Å²) >= 11 is 3.45. The van der Waals surface area contributed by atoms with Crippen molar-refractivity contribution < 1.29 is 0 Å². The SMILES string of the molecule is NNC(Cc1ccc(Br)cc1)c1ccc2cccnc2c1. The van der Waals surface area contributed by atoms with Crippen molar-refractivity contribution in [2.45, 2.75) is 12.5 Å². The van der Waals surface area contributed by atoms with Crippen LogP contribution in [0.3, 0.4) is 0 Å². The van der Waals surface area contributed by atoms with E-state index in [0.29, 0.717) is 0 Å². The summed E-state index contributed by atoms with van der Waals surface area (Å²) in [6, 6.07) is 18.7. The molecule has 0 aliphatic carbocycles. The van der Waals surface area contributed by atoms with Crippen molar-refractivity contribution in [3.63, 3.8) is 0 Å². The van der Waals surface area contributed by atoms with Crippen LogP contribution in [0.2, 0.25) is 0 Å². The van der Waals surface area contributed by atoms with Gasteiger partial charge < -0.3 is 0 Å². The molecular formula is C17H16BrN3. The summed E-state index contributed by atoms with van der Waals surface area (Å²) in [5, 5.41) is 1.14. The number of fused-ring (bicyclic) bond motifs is 1. The van der Waals surface area contributed by atoms with Crippen LogP contribution in [0.4, 0.5) is 0 Å². The first kappa shape index (κ1) is 14.2. The second-order valence-electron chi connectivity index (χ2n) is 5.01. The molecule has 0 aliphatic heterocycles. The van der Waals surface area contributed by atoms with Gasteiger partial charge in [0.1, 0.15) is 0 Å². The number of nitrogens with zero attached hydrogens (tertiary/aromatic N) is 1. The molecule has 106 valence electrons. The number of aromatic nitrogens is 1. The van der Waals surface area contributed by atoms with E-state index in [-0.39, 0.29) is 6.04 Å². The molecule has 3 N–H and O–H groups in total. The van der Waals surface area contributed by atoms with E-state index in [1.807, 2.05) is 24.4 Å². The molecule has 1 atom stereocenters. The first-order valence-corrected chi connectivity index (χ1v) is 7.61. The highest BCUT2D eigenvalue weighted by molar-refractivity contribution is 9.10. The molecule has 0 bridgehead atoms. The molecule has 1 unspecified atom stereocenters. The average Bonchev–Trinajstić information content (AvgIpc) is 2.54. The lowest BCUT2D eigenvalue weighted by atomic mass is 9.98. The summed E-state index contributed by atoms with van der Waals surface area (Å²) in [5.74, 6) is 5.75. The van der Waals surface area contributed by atoms with Crippen LogP contribution in [-0.4, -0.2) is 4.98 Å². The summed E-state index contributed by atoms with van der Waals surface area (Å²) in [6.07, 6.45) is 2.65. The summed E-state index contributed by atoms with van der Waals surface area (Å²) in [6.45, 7) is 0. The van der Waals surface area contributed by atoms with E-state index < -0.39 is 0 Å². The predicted octanol–water partition coefficient (Wildman–Crippen LogP) is 3.74. The number of hydrogen-bond donors (Lipinski definition) is 2. The Balaban J connectivity index is 1.88. The van der Waals surface area contributed by atoms with Crippen LogP contribution in [-0.2, 0) is 6.42 Å². The van der Waals surface area contributed by atoms with Gasteiger partial charge >= 0.3 is 0 Å². The van der Waals surface area contributed by atoms with Crippen molar-refractivity contribution in [2.75, 3.05) is 0 Å². The molecule has 0 fully saturated rings. The number of pyridine rings is 1. The van der Waals surface area contributed by atoms with Gasteiger partial charge in [-0.2, -0.15) is 0 Å². The Hall–Kier alpha value is -1.75. The summed E-state index contributed by atoms with van der Waals surface area (Å²) in [5.41, 5.74) is 6.28. The van der Waals surface area contributed by atoms with Crippen molar-refractivity contribution in [1.29, 1.82) is 0 Å². The molecule has 1 heterocycles. The largest absolute Gasteiger partial charge is 0.271 e. The highest BCUT2D eigenvalue weighted by atomic mass is 79.9. The fourth-order valence-electron chi connectivity index (χ4n) is 2.43. The first-order valence-electron chi connectivity index (χ1n) is 6.81. The number of nitrogens with two attached hydrogens (primary N) is 1. The van der Waals surface area contributed by atoms with Gasteiger partial charge in [-0.15, -0.1) is 0 Å². The highest BCUT2D eigenvalue weighted by Crippen LogP contribution is 2.22. The molecule has 1 aromatic heterocycles. The van der Waals surface area contributed by atoms with Gasteiger partial charge in [0, 0.05) is 16.1 Å². The Morgan fingerprint density at radius 1 is 1.10 bits per heavy atom. The van der Waals surface area contributed by atoms with Crippen LogP contribution < -0.4 is 11.3 Å². The zero-order valence-corrected chi connectivity index (χ0v) is 13.0. The van der Waals surface area contributed by atoms with E-state index in [0.717, 1.165) is 27.4 Å². The Labute approximate surface area is 132 Å². The van der Waals surface area contributed by atoms with Crippen LogP contribution in [0, 0.1) is 0 Å². The minimum absolute atomic E-state index is 0.0672. The van der Waals surface area contributed by atoms with E-state index in [1.54, 1.807) is 0 Å². The second kappa shape index (κ2) is 6.35. The van der Waals surface area contributed by atoms with Gasteiger partial charge in [0.25, 0.3) is 0 Å². The Kier molecular flexibility index (Phi) is 4.29. The van der Waals surface area contributed by atoms with Gasteiger partial charge in [-0.05, 0) is 41.8 Å². The smallest absolute Gasteiger partial charge is 0.0705 e. The summed E-state index contributed by atoms with van der Waals surface area (Å²) < 4.78 is 1.08. The normalized spacial score (nSPS) is 12.5. The molecule has 0 spiro atoms. The standard InChI is InChI=1S/C17H16BrN3/c18-15-7-3-12(4-8-15)10-17(21-19)14-6-5-13-2-1-9-20-16(13)11-14/h1-9,11,17,21H,10,19H2. The Morgan fingerprint density at radius 3 is 2.67 bits per heavy atom. The third-order valence-corrected chi connectivity index (χ3v) is 4.12. The second-order valence-corrected chi connectivity index (χ2v) is 5.92. The zero-order chi connectivity index (χ0) is 14.7. The van der Waals surface area contributed by atoms with Crippen LogP contribution in [0.1, 0.15) is 17.2 Å². The number of nitrogens with one attached hydrogen (secondary N) is 1. The Morgan fingerprint density at radius 2 is 1.90 bits per heavy atom. The van der Waals surface area contributed by atoms with Crippen LogP contribution >= 0.6 is 15.9 Å². The fourth-order valence-corrected chi connectivity index (χ4v) is 2.69. The lowest BCUT2D eigenvalue weighted by molar-refractivity contribution is 0.552. The predicted molar refractivity (Wildman–Crippen MR) is 89.7 cm³/mol. The maximum atomic E-state index is 5.75. The zero-order valence-electron chi connectivity index (χ0n) is 11.5. The molecular weight excluding hydrogens is 326 g/mol. The number of benzene rings is 2. The molecule has 2 aromatic carbocycles. The van der Waals surface area contributed by atoms with Gasteiger partial charge in [0.15, 0.2) is 0 Å². The lowest BCUT2D eigenvalue weighted by Crippen LogP contribution is -2.29. The molecule has 3 rings (SSSR count). The molecule has 0 saturated carbocycles. The van der Waals surface area contributed by atoms with Crippen LogP contribution in [0.25, 0.3) is 10.9 Å². The third kappa shape index (κ3) is 3.29. The van der Waals surface area contributed by atoms with Crippen LogP contribution in [0.15, 0.2) is 65.3 Å². The Bertz CT molecular complexity index is 740. The fraction of sp³-hybridized carbons (Fsp3) is 0.118. The van der Waals surface area contributed by atoms with Crippen molar-refractivity contribution in [3.05, 3.63) is 76.4 Å². The number of halogens is 1. The number of hydrazine groups is 1. The molecule has 0 saturated heterocycles. The highest BCUT2D eigenvalue weighted by Gasteiger charge is 2.11. The molecule has 0 aliphatic rings. The third-order valence-electron chi connectivity index (χ3n) is 3.59. The minimum atomic E-state index is 0.0672. The van der Waals surface area contributed by atoms with Gasteiger partial charge in [0.2, 0.25) is 0 Å². The summed E-state index contributed by atoms with van der Waals surface area (Å²) in [4.78, 5) is 4.40. The van der Waals surface area contributed by atoms with Crippen LogP contribution in [0.5, 0.6) is 0 Å². The average molecular weight is 342 g/mol. The molecule has 0 radical (unpaired) electrons. The van der Waals surface area contributed by atoms with E-state index in [9.17, 15) is 0 Å². The van der Waals surface area contributed by atoms with E-state index in [1.165, 1.54) is 5.56 Å². The minimum Gasteiger partial charge on any atom is -0.271 e. The van der Waals surface area contributed by atoms with E-state index >= 15 is 0 Å². The van der Waals surface area contributed by atoms with Crippen molar-refractivity contribution >= 4 is 26.8 Å². The maximum absolute atomic E-state index is 5.75. The maximum Gasteiger partial charge on any atom is 0.0705 e. The van der Waals surface area contributed by atoms with Crippen molar-refractivity contribution in [1.82, 2.24) is 10.4 Å². The molecule has 21 heavy (non-hydrogen) atoms. The van der Waals surface area contributed by atoms with Crippen molar-refractivity contribution in [2.24, 2.45) is 5.84 Å². The van der Waals surface area contributed by atoms with E-state index in [4.69, 9.17) is 5.84 Å². The number of hydrogen-bond acceptors (Lipinski definition) is 3. The number of rotatable bonds is 4. The van der Waals surface area contributed by atoms with Gasteiger partial charge in [0.05, 0.1) is 11.6 Å². The topological polar surface area (TPSA) is 50.9 Å². The van der Waals surface area contributed by atoms with Gasteiger partial charge in [-0.25, -0.2) is 0 Å². The molecule has 4 heteroatoms. The van der Waals surface area contributed by atoms with Crippen molar-refractivity contribution in [3.8, 4) is 0 Å². The first-order chi connectivity index (χ1) is 10.3.